The molecule has 1 aliphatic rings. The summed E-state index contributed by atoms with van der Waals surface area (Å²) in [6.07, 6.45) is 3.21. The van der Waals surface area contributed by atoms with Crippen LogP contribution >= 0.6 is 22.9 Å². The van der Waals surface area contributed by atoms with Gasteiger partial charge in [0.25, 0.3) is 0 Å². The molecule has 0 unspecified atom stereocenters. The maximum absolute atomic E-state index is 5.89. The van der Waals surface area contributed by atoms with Gasteiger partial charge >= 0.3 is 0 Å². The third-order valence-electron chi connectivity index (χ3n) is 3.22. The minimum atomic E-state index is 0.546. The number of hydrogen-bond donors (Lipinski definition) is 2. The lowest BCUT2D eigenvalue weighted by atomic mass is 10.2. The van der Waals surface area contributed by atoms with Crippen molar-refractivity contribution in [3.63, 3.8) is 0 Å². The summed E-state index contributed by atoms with van der Waals surface area (Å²) >= 11 is 7.53. The fourth-order valence-electron chi connectivity index (χ4n) is 1.92. The second-order valence-corrected chi connectivity index (χ2v) is 6.38. The molecular formula is C15H17ClN4S. The number of guanidine groups is 1. The number of hydrogen-bond acceptors (Lipinski definition) is 3. The summed E-state index contributed by atoms with van der Waals surface area (Å²) in [5, 5.41) is 7.00. The molecule has 6 heteroatoms. The highest BCUT2D eigenvalue weighted by molar-refractivity contribution is 7.13. The second-order valence-electron chi connectivity index (χ2n) is 5.09. The third kappa shape index (κ3) is 4.19. The van der Waals surface area contributed by atoms with Crippen LogP contribution in [0.5, 0.6) is 0 Å². The molecule has 0 saturated heterocycles. The minimum absolute atomic E-state index is 0.546. The molecule has 0 bridgehead atoms. The Bertz CT molecular complexity index is 631. The van der Waals surface area contributed by atoms with Crippen LogP contribution in [0.15, 0.2) is 34.6 Å². The predicted octanol–water partition coefficient (Wildman–Crippen LogP) is 3.07. The summed E-state index contributed by atoms with van der Waals surface area (Å²) < 4.78 is 0. The van der Waals surface area contributed by atoms with Gasteiger partial charge in [-0.1, -0.05) is 23.7 Å². The Balaban J connectivity index is 1.56. The van der Waals surface area contributed by atoms with E-state index in [2.05, 4.69) is 20.7 Å². The molecule has 2 aromatic rings. The first-order valence-electron chi connectivity index (χ1n) is 6.97. The van der Waals surface area contributed by atoms with Crippen molar-refractivity contribution in [2.75, 3.05) is 6.54 Å². The van der Waals surface area contributed by atoms with Crippen molar-refractivity contribution in [3.8, 4) is 10.6 Å². The van der Waals surface area contributed by atoms with Crippen molar-refractivity contribution in [2.24, 2.45) is 10.7 Å². The Morgan fingerprint density at radius 3 is 2.86 bits per heavy atom. The number of nitrogens with zero attached hydrogens (tertiary/aromatic N) is 2. The van der Waals surface area contributed by atoms with Gasteiger partial charge in [-0.2, -0.15) is 0 Å². The first kappa shape index (κ1) is 14.4. The van der Waals surface area contributed by atoms with Crippen molar-refractivity contribution in [1.29, 1.82) is 0 Å². The lowest BCUT2D eigenvalue weighted by Crippen LogP contribution is -2.33. The molecule has 1 aromatic heterocycles. The monoisotopic (exact) mass is 320 g/mol. The number of halogens is 1. The molecule has 0 spiro atoms. The molecule has 0 aliphatic heterocycles. The summed E-state index contributed by atoms with van der Waals surface area (Å²) in [5.74, 6) is 0.547. The summed E-state index contributed by atoms with van der Waals surface area (Å²) in [5.41, 5.74) is 7.94. The van der Waals surface area contributed by atoms with Gasteiger partial charge in [0, 0.05) is 35.0 Å². The predicted molar refractivity (Wildman–Crippen MR) is 88.9 cm³/mol. The molecule has 0 atom stereocenters. The molecule has 1 saturated carbocycles. The van der Waals surface area contributed by atoms with Crippen LogP contribution in [0.2, 0.25) is 5.02 Å². The van der Waals surface area contributed by atoms with Crippen LogP contribution in [0, 0.1) is 0 Å². The summed E-state index contributed by atoms with van der Waals surface area (Å²) in [7, 11) is 0. The largest absolute Gasteiger partial charge is 0.370 e. The number of benzene rings is 1. The van der Waals surface area contributed by atoms with Crippen LogP contribution in [-0.2, 0) is 6.42 Å². The number of aliphatic imine (C=N–C) groups is 1. The third-order valence-corrected chi connectivity index (χ3v) is 4.41. The zero-order valence-corrected chi connectivity index (χ0v) is 13.1. The van der Waals surface area contributed by atoms with Crippen molar-refractivity contribution < 1.29 is 0 Å². The molecule has 110 valence electrons. The average Bonchev–Trinajstić information content (AvgIpc) is 3.15. The Kier molecular flexibility index (Phi) is 4.41. The molecule has 0 amide bonds. The normalized spacial score (nSPS) is 15.2. The Hall–Kier alpha value is -1.59. The van der Waals surface area contributed by atoms with Gasteiger partial charge in [-0.25, -0.2) is 4.98 Å². The fraction of sp³-hybridized carbons (Fsp3) is 0.333. The highest BCUT2D eigenvalue weighted by atomic mass is 35.5. The molecule has 1 fully saturated rings. The zero-order chi connectivity index (χ0) is 14.7. The van der Waals surface area contributed by atoms with E-state index in [0.717, 1.165) is 27.7 Å². The van der Waals surface area contributed by atoms with E-state index < -0.39 is 0 Å². The zero-order valence-electron chi connectivity index (χ0n) is 11.6. The van der Waals surface area contributed by atoms with E-state index in [-0.39, 0.29) is 0 Å². The van der Waals surface area contributed by atoms with E-state index in [0.29, 0.717) is 18.5 Å². The van der Waals surface area contributed by atoms with Crippen LogP contribution in [0.4, 0.5) is 0 Å². The van der Waals surface area contributed by atoms with Crippen LogP contribution in [0.3, 0.4) is 0 Å². The van der Waals surface area contributed by atoms with Gasteiger partial charge in [0.15, 0.2) is 5.96 Å². The standard InChI is InChI=1S/C15H17ClN4S/c16-11-3-1-10(2-4-11)14-19-13(9-21-14)7-8-18-15(17)20-12-5-6-12/h1-4,9,12H,5-8H2,(H3,17,18,20). The molecule has 3 N–H and O–H groups in total. The maximum Gasteiger partial charge on any atom is 0.188 e. The first-order chi connectivity index (χ1) is 10.2. The summed E-state index contributed by atoms with van der Waals surface area (Å²) in [6.45, 7) is 0.662. The quantitative estimate of drug-likeness (QED) is 0.657. The second kappa shape index (κ2) is 6.45. The van der Waals surface area contributed by atoms with Gasteiger partial charge in [0.1, 0.15) is 5.01 Å². The SMILES string of the molecule is NC(=NCCc1csc(-c2ccc(Cl)cc2)n1)NC1CC1. The van der Waals surface area contributed by atoms with Crippen LogP contribution < -0.4 is 11.1 Å². The molecule has 21 heavy (non-hydrogen) atoms. The molecule has 1 heterocycles. The number of rotatable bonds is 5. The van der Waals surface area contributed by atoms with E-state index >= 15 is 0 Å². The van der Waals surface area contributed by atoms with Gasteiger partial charge in [0.05, 0.1) is 5.69 Å². The molecular weight excluding hydrogens is 304 g/mol. The summed E-state index contributed by atoms with van der Waals surface area (Å²) in [6, 6.07) is 8.28. The number of nitrogens with one attached hydrogen (secondary N) is 1. The Morgan fingerprint density at radius 1 is 1.38 bits per heavy atom. The molecule has 1 aromatic carbocycles. The number of thiazole rings is 1. The minimum Gasteiger partial charge on any atom is -0.370 e. The lowest BCUT2D eigenvalue weighted by molar-refractivity contribution is 0.864. The lowest BCUT2D eigenvalue weighted by Gasteiger charge is -2.02. The van der Waals surface area contributed by atoms with Crippen molar-refractivity contribution in [1.82, 2.24) is 10.3 Å². The number of aromatic nitrogens is 1. The van der Waals surface area contributed by atoms with E-state index in [1.807, 2.05) is 24.3 Å². The van der Waals surface area contributed by atoms with E-state index in [1.165, 1.54) is 12.8 Å². The molecule has 3 rings (SSSR count). The van der Waals surface area contributed by atoms with Gasteiger partial charge in [0.2, 0.25) is 0 Å². The maximum atomic E-state index is 5.89. The van der Waals surface area contributed by atoms with Crippen LogP contribution in [-0.4, -0.2) is 23.5 Å². The number of nitrogens with two attached hydrogens (primary N) is 1. The van der Waals surface area contributed by atoms with Gasteiger partial charge in [-0.3, -0.25) is 4.99 Å². The Labute approximate surface area is 133 Å². The van der Waals surface area contributed by atoms with Crippen molar-refractivity contribution in [2.45, 2.75) is 25.3 Å². The van der Waals surface area contributed by atoms with E-state index in [4.69, 9.17) is 17.3 Å². The highest BCUT2D eigenvalue weighted by Crippen LogP contribution is 2.25. The topological polar surface area (TPSA) is 63.3 Å². The molecule has 4 nitrogen and oxygen atoms in total. The van der Waals surface area contributed by atoms with Gasteiger partial charge in [-0.05, 0) is 25.0 Å². The van der Waals surface area contributed by atoms with Crippen molar-refractivity contribution in [3.05, 3.63) is 40.4 Å². The first-order valence-corrected chi connectivity index (χ1v) is 8.23. The van der Waals surface area contributed by atoms with Gasteiger partial charge in [-0.15, -0.1) is 11.3 Å². The van der Waals surface area contributed by atoms with Gasteiger partial charge < -0.3 is 11.1 Å². The molecule has 0 radical (unpaired) electrons. The van der Waals surface area contributed by atoms with E-state index in [9.17, 15) is 0 Å². The van der Waals surface area contributed by atoms with Crippen molar-refractivity contribution >= 4 is 28.9 Å². The van der Waals surface area contributed by atoms with Crippen LogP contribution in [0.25, 0.3) is 10.6 Å². The summed E-state index contributed by atoms with van der Waals surface area (Å²) in [4.78, 5) is 8.95. The highest BCUT2D eigenvalue weighted by Gasteiger charge is 2.21. The smallest absolute Gasteiger partial charge is 0.188 e. The van der Waals surface area contributed by atoms with E-state index in [1.54, 1.807) is 11.3 Å². The molecule has 1 aliphatic carbocycles. The van der Waals surface area contributed by atoms with Crippen LogP contribution in [0.1, 0.15) is 18.5 Å². The Morgan fingerprint density at radius 2 is 2.14 bits per heavy atom. The average molecular weight is 321 g/mol. The fourth-order valence-corrected chi connectivity index (χ4v) is 2.91.